The van der Waals surface area contributed by atoms with Gasteiger partial charge in [-0.3, -0.25) is 4.68 Å². The summed E-state index contributed by atoms with van der Waals surface area (Å²) in [6, 6.07) is 1.86. The van der Waals surface area contributed by atoms with Crippen molar-refractivity contribution in [2.75, 3.05) is 5.32 Å². The smallest absolute Gasteiger partial charge is 0.228 e. The van der Waals surface area contributed by atoms with Gasteiger partial charge in [-0.05, 0) is 12.5 Å². The average Bonchev–Trinajstić information content (AvgIpc) is 2.56. The summed E-state index contributed by atoms with van der Waals surface area (Å²) in [5.41, 5.74) is 1.04. The zero-order valence-electron chi connectivity index (χ0n) is 8.10. The molecule has 2 rings (SSSR count). The minimum absolute atomic E-state index is 0.583. The molecule has 0 saturated carbocycles. The summed E-state index contributed by atoms with van der Waals surface area (Å²) in [7, 11) is 1.86. The summed E-state index contributed by atoms with van der Waals surface area (Å²) in [4.78, 5) is 8.26. The summed E-state index contributed by atoms with van der Waals surface area (Å²) in [6.45, 7) is 1.95. The van der Waals surface area contributed by atoms with Gasteiger partial charge in [-0.2, -0.15) is 5.10 Å². The number of nitrogens with one attached hydrogen (secondary N) is 1. The zero-order chi connectivity index (χ0) is 9.97. The van der Waals surface area contributed by atoms with Gasteiger partial charge in [0.1, 0.15) is 5.82 Å². The molecule has 0 aliphatic carbocycles. The maximum Gasteiger partial charge on any atom is 0.228 e. The van der Waals surface area contributed by atoms with E-state index in [0.29, 0.717) is 5.95 Å². The molecule has 14 heavy (non-hydrogen) atoms. The van der Waals surface area contributed by atoms with Gasteiger partial charge in [0.15, 0.2) is 0 Å². The van der Waals surface area contributed by atoms with E-state index in [4.69, 9.17) is 0 Å². The SMILES string of the molecule is Cc1cnc(Nc2ccnn2C)nc1. The van der Waals surface area contributed by atoms with Crippen LogP contribution < -0.4 is 5.32 Å². The first-order valence-corrected chi connectivity index (χ1v) is 4.29. The molecule has 2 aromatic rings. The van der Waals surface area contributed by atoms with Crippen molar-refractivity contribution < 1.29 is 0 Å². The quantitative estimate of drug-likeness (QED) is 0.772. The molecule has 1 N–H and O–H groups in total. The van der Waals surface area contributed by atoms with Gasteiger partial charge in [0.25, 0.3) is 0 Å². The van der Waals surface area contributed by atoms with E-state index in [1.165, 1.54) is 0 Å². The molecule has 2 aromatic heterocycles. The van der Waals surface area contributed by atoms with E-state index in [2.05, 4.69) is 20.4 Å². The fourth-order valence-corrected chi connectivity index (χ4v) is 1.07. The molecule has 0 fully saturated rings. The standard InChI is InChI=1S/C9H11N5/c1-7-5-10-9(11-6-7)13-8-3-4-12-14(8)2/h3-6H,1-2H3,(H,10,11,13). The van der Waals surface area contributed by atoms with Gasteiger partial charge in [0.2, 0.25) is 5.95 Å². The Kier molecular flexibility index (Phi) is 2.14. The van der Waals surface area contributed by atoms with Crippen molar-refractivity contribution in [1.29, 1.82) is 0 Å². The van der Waals surface area contributed by atoms with Crippen LogP contribution in [0.1, 0.15) is 5.56 Å². The van der Waals surface area contributed by atoms with Crippen molar-refractivity contribution in [3.8, 4) is 0 Å². The van der Waals surface area contributed by atoms with Crippen molar-refractivity contribution in [3.63, 3.8) is 0 Å². The first kappa shape index (κ1) is 8.68. The second-order valence-electron chi connectivity index (χ2n) is 3.05. The van der Waals surface area contributed by atoms with Crippen LogP contribution in [0.5, 0.6) is 0 Å². The van der Waals surface area contributed by atoms with Crippen LogP contribution in [0.3, 0.4) is 0 Å². The molecule has 0 spiro atoms. The molecule has 0 aliphatic heterocycles. The molecule has 72 valence electrons. The number of rotatable bonds is 2. The first-order chi connectivity index (χ1) is 6.75. The van der Waals surface area contributed by atoms with Crippen molar-refractivity contribution in [2.45, 2.75) is 6.92 Å². The third kappa shape index (κ3) is 1.71. The van der Waals surface area contributed by atoms with Crippen LogP contribution in [0.4, 0.5) is 11.8 Å². The van der Waals surface area contributed by atoms with Crippen LogP contribution in [-0.2, 0) is 7.05 Å². The van der Waals surface area contributed by atoms with Crippen LogP contribution >= 0.6 is 0 Å². The normalized spacial score (nSPS) is 10.1. The molecule has 5 heteroatoms. The second kappa shape index (κ2) is 3.45. The summed E-state index contributed by atoms with van der Waals surface area (Å²) in [5.74, 6) is 1.45. The topological polar surface area (TPSA) is 55.6 Å². The lowest BCUT2D eigenvalue weighted by molar-refractivity contribution is 0.775. The first-order valence-electron chi connectivity index (χ1n) is 4.29. The van der Waals surface area contributed by atoms with Crippen LogP contribution in [0.25, 0.3) is 0 Å². The van der Waals surface area contributed by atoms with E-state index in [9.17, 15) is 0 Å². The number of anilines is 2. The van der Waals surface area contributed by atoms with Gasteiger partial charge in [0.05, 0.1) is 6.20 Å². The van der Waals surface area contributed by atoms with E-state index in [0.717, 1.165) is 11.4 Å². The largest absolute Gasteiger partial charge is 0.309 e. The van der Waals surface area contributed by atoms with Crippen molar-refractivity contribution in [3.05, 3.63) is 30.2 Å². The Morgan fingerprint density at radius 1 is 1.29 bits per heavy atom. The van der Waals surface area contributed by atoms with Gasteiger partial charge in [0, 0.05) is 25.5 Å². The predicted octanol–water partition coefficient (Wildman–Crippen LogP) is 1.26. The van der Waals surface area contributed by atoms with Gasteiger partial charge in [-0.15, -0.1) is 0 Å². The highest BCUT2D eigenvalue weighted by molar-refractivity contribution is 5.46. The number of hydrogen-bond donors (Lipinski definition) is 1. The van der Waals surface area contributed by atoms with E-state index in [1.807, 2.05) is 20.0 Å². The number of hydrogen-bond acceptors (Lipinski definition) is 4. The minimum Gasteiger partial charge on any atom is -0.309 e. The highest BCUT2D eigenvalue weighted by Crippen LogP contribution is 2.09. The third-order valence-corrected chi connectivity index (χ3v) is 1.84. The fourth-order valence-electron chi connectivity index (χ4n) is 1.07. The number of nitrogens with zero attached hydrogens (tertiary/aromatic N) is 4. The molecule has 2 heterocycles. The predicted molar refractivity (Wildman–Crippen MR) is 53.3 cm³/mol. The molecular formula is C9H11N5. The molecule has 0 saturated heterocycles. The maximum atomic E-state index is 4.13. The van der Waals surface area contributed by atoms with Gasteiger partial charge >= 0.3 is 0 Å². The summed E-state index contributed by atoms with van der Waals surface area (Å²) in [6.07, 6.45) is 5.26. The minimum atomic E-state index is 0.583. The zero-order valence-corrected chi connectivity index (χ0v) is 8.10. The molecular weight excluding hydrogens is 178 g/mol. The Labute approximate surface area is 81.8 Å². The van der Waals surface area contributed by atoms with Crippen LogP contribution in [0.2, 0.25) is 0 Å². The number of aromatic nitrogens is 4. The molecule has 5 nitrogen and oxygen atoms in total. The van der Waals surface area contributed by atoms with Crippen LogP contribution in [-0.4, -0.2) is 19.7 Å². The Hall–Kier alpha value is -1.91. The van der Waals surface area contributed by atoms with Crippen LogP contribution in [0, 0.1) is 6.92 Å². The van der Waals surface area contributed by atoms with Crippen LogP contribution in [0.15, 0.2) is 24.7 Å². The third-order valence-electron chi connectivity index (χ3n) is 1.84. The highest BCUT2D eigenvalue weighted by Gasteiger charge is 1.99. The molecule has 0 atom stereocenters. The van der Waals surface area contributed by atoms with E-state index in [-0.39, 0.29) is 0 Å². The Bertz CT molecular complexity index is 417. The molecule has 0 radical (unpaired) electrons. The lowest BCUT2D eigenvalue weighted by Crippen LogP contribution is -2.02. The summed E-state index contributed by atoms with van der Waals surface area (Å²) < 4.78 is 1.73. The van der Waals surface area contributed by atoms with E-state index >= 15 is 0 Å². The Morgan fingerprint density at radius 3 is 2.57 bits per heavy atom. The molecule has 0 aromatic carbocycles. The van der Waals surface area contributed by atoms with Gasteiger partial charge < -0.3 is 5.32 Å². The lowest BCUT2D eigenvalue weighted by atomic mass is 10.4. The lowest BCUT2D eigenvalue weighted by Gasteiger charge is -2.03. The Morgan fingerprint density at radius 2 is 2.00 bits per heavy atom. The number of aryl methyl sites for hydroxylation is 2. The van der Waals surface area contributed by atoms with Crippen molar-refractivity contribution in [1.82, 2.24) is 19.7 Å². The fraction of sp³-hybridized carbons (Fsp3) is 0.222. The highest BCUT2D eigenvalue weighted by atomic mass is 15.3. The Balaban J connectivity index is 2.19. The van der Waals surface area contributed by atoms with Crippen molar-refractivity contribution in [2.24, 2.45) is 7.05 Å². The molecule has 0 aliphatic rings. The summed E-state index contributed by atoms with van der Waals surface area (Å²) in [5, 5.41) is 7.09. The average molecular weight is 189 g/mol. The summed E-state index contributed by atoms with van der Waals surface area (Å²) >= 11 is 0. The molecule has 0 bridgehead atoms. The van der Waals surface area contributed by atoms with Crippen molar-refractivity contribution >= 4 is 11.8 Å². The van der Waals surface area contributed by atoms with E-state index in [1.54, 1.807) is 23.3 Å². The molecule has 0 unspecified atom stereocenters. The second-order valence-corrected chi connectivity index (χ2v) is 3.05. The monoisotopic (exact) mass is 189 g/mol. The van der Waals surface area contributed by atoms with Gasteiger partial charge in [-0.25, -0.2) is 9.97 Å². The van der Waals surface area contributed by atoms with Gasteiger partial charge in [-0.1, -0.05) is 0 Å². The maximum absolute atomic E-state index is 4.13. The van der Waals surface area contributed by atoms with E-state index < -0.39 is 0 Å². The molecule has 0 amide bonds.